The average Bonchev–Trinajstić information content (AvgIpc) is 3.28. The van der Waals surface area contributed by atoms with Crippen molar-refractivity contribution in [2.75, 3.05) is 6.54 Å². The molecule has 0 bridgehead atoms. The fourth-order valence-corrected chi connectivity index (χ4v) is 2.91. The zero-order valence-electron chi connectivity index (χ0n) is 12.9. The first-order valence-electron chi connectivity index (χ1n) is 8.16. The molecule has 2 rings (SSSR count). The lowest BCUT2D eigenvalue weighted by molar-refractivity contribution is 0.226. The molecule has 0 saturated heterocycles. The Hall–Kier alpha value is -0.890. The maximum atomic E-state index is 14.0. The first kappa shape index (κ1) is 15.5. The lowest BCUT2D eigenvalue weighted by atomic mass is 9.75. The molecule has 1 aromatic carbocycles. The van der Waals surface area contributed by atoms with Gasteiger partial charge in [0.1, 0.15) is 5.82 Å². The summed E-state index contributed by atoms with van der Waals surface area (Å²) in [7, 11) is 0. The summed E-state index contributed by atoms with van der Waals surface area (Å²) < 4.78 is 14.0. The molecule has 2 heteroatoms. The van der Waals surface area contributed by atoms with Gasteiger partial charge in [0.25, 0.3) is 0 Å². The number of unbranched alkanes of at least 4 members (excludes halogenated alkanes) is 1. The maximum Gasteiger partial charge on any atom is 0.126 e. The van der Waals surface area contributed by atoms with Crippen molar-refractivity contribution in [3.8, 4) is 0 Å². The van der Waals surface area contributed by atoms with Gasteiger partial charge in [-0.05, 0) is 49.1 Å². The van der Waals surface area contributed by atoms with Gasteiger partial charge in [-0.3, -0.25) is 0 Å². The topological polar surface area (TPSA) is 12.0 Å². The van der Waals surface area contributed by atoms with Crippen LogP contribution in [0.25, 0.3) is 0 Å². The van der Waals surface area contributed by atoms with Gasteiger partial charge < -0.3 is 5.32 Å². The summed E-state index contributed by atoms with van der Waals surface area (Å²) in [6, 6.07) is 7.99. The van der Waals surface area contributed by atoms with Crippen LogP contribution in [0.2, 0.25) is 0 Å². The number of hydrogen-bond acceptors (Lipinski definition) is 1. The second kappa shape index (κ2) is 7.21. The molecular formula is C18H28FN. The normalized spacial score (nSPS) is 17.9. The van der Waals surface area contributed by atoms with Crippen LogP contribution in [0.3, 0.4) is 0 Å². The van der Waals surface area contributed by atoms with Gasteiger partial charge in [0.15, 0.2) is 0 Å². The van der Waals surface area contributed by atoms with E-state index in [1.807, 2.05) is 12.1 Å². The van der Waals surface area contributed by atoms with Gasteiger partial charge in [0, 0.05) is 12.6 Å². The van der Waals surface area contributed by atoms with Crippen LogP contribution in [-0.4, -0.2) is 12.6 Å². The molecule has 1 saturated carbocycles. The van der Waals surface area contributed by atoms with Crippen molar-refractivity contribution in [3.05, 3.63) is 35.6 Å². The van der Waals surface area contributed by atoms with Gasteiger partial charge in [-0.25, -0.2) is 4.39 Å². The molecule has 0 radical (unpaired) electrons. The van der Waals surface area contributed by atoms with Crippen LogP contribution in [0, 0.1) is 11.2 Å². The molecule has 0 amide bonds. The van der Waals surface area contributed by atoms with E-state index in [9.17, 15) is 4.39 Å². The van der Waals surface area contributed by atoms with E-state index >= 15 is 0 Å². The van der Waals surface area contributed by atoms with Gasteiger partial charge in [0.05, 0.1) is 0 Å². The Kier molecular flexibility index (Phi) is 5.59. The van der Waals surface area contributed by atoms with E-state index in [1.165, 1.54) is 32.1 Å². The predicted octanol–water partition coefficient (Wildman–Crippen LogP) is 4.71. The number of halogens is 1. The summed E-state index contributed by atoms with van der Waals surface area (Å²) in [5, 5.41) is 3.67. The van der Waals surface area contributed by atoms with Crippen LogP contribution in [0.5, 0.6) is 0 Å². The van der Waals surface area contributed by atoms with Gasteiger partial charge >= 0.3 is 0 Å². The number of rotatable bonds is 9. The monoisotopic (exact) mass is 277 g/mol. The van der Waals surface area contributed by atoms with Gasteiger partial charge in [-0.2, -0.15) is 0 Å². The highest BCUT2D eigenvalue weighted by molar-refractivity contribution is 5.19. The fourth-order valence-electron chi connectivity index (χ4n) is 2.91. The highest BCUT2D eigenvalue weighted by Crippen LogP contribution is 2.34. The Bertz CT molecular complexity index is 414. The molecule has 112 valence electrons. The highest BCUT2D eigenvalue weighted by Gasteiger charge is 2.31. The third kappa shape index (κ3) is 4.31. The fraction of sp³-hybridized carbons (Fsp3) is 0.667. The van der Waals surface area contributed by atoms with E-state index in [-0.39, 0.29) is 11.2 Å². The molecule has 1 aliphatic rings. The molecule has 1 atom stereocenters. The molecule has 0 aromatic heterocycles. The number of benzene rings is 1. The Morgan fingerprint density at radius 2 is 2.00 bits per heavy atom. The van der Waals surface area contributed by atoms with Crippen LogP contribution in [0.15, 0.2) is 24.3 Å². The van der Waals surface area contributed by atoms with Crippen molar-refractivity contribution < 1.29 is 4.39 Å². The van der Waals surface area contributed by atoms with E-state index < -0.39 is 0 Å². The largest absolute Gasteiger partial charge is 0.313 e. The summed E-state index contributed by atoms with van der Waals surface area (Å²) in [4.78, 5) is 0. The van der Waals surface area contributed by atoms with Crippen molar-refractivity contribution in [1.29, 1.82) is 0 Å². The van der Waals surface area contributed by atoms with Crippen molar-refractivity contribution in [3.63, 3.8) is 0 Å². The summed E-state index contributed by atoms with van der Waals surface area (Å²) in [6.45, 7) is 5.52. The SMILES string of the molecule is CCCCC(CC)(CNC1CC1)Cc1ccccc1F. The van der Waals surface area contributed by atoms with E-state index in [1.54, 1.807) is 12.1 Å². The van der Waals surface area contributed by atoms with E-state index in [0.29, 0.717) is 0 Å². The molecule has 1 unspecified atom stereocenters. The summed E-state index contributed by atoms with van der Waals surface area (Å²) in [6.07, 6.45) is 8.22. The summed E-state index contributed by atoms with van der Waals surface area (Å²) >= 11 is 0. The molecule has 20 heavy (non-hydrogen) atoms. The van der Waals surface area contributed by atoms with Crippen LogP contribution < -0.4 is 5.32 Å². The zero-order chi connectivity index (χ0) is 14.4. The highest BCUT2D eigenvalue weighted by atomic mass is 19.1. The molecule has 1 fully saturated rings. The van der Waals surface area contributed by atoms with Crippen molar-refractivity contribution in [2.45, 2.75) is 64.8 Å². The van der Waals surface area contributed by atoms with Gasteiger partial charge in [-0.15, -0.1) is 0 Å². The lowest BCUT2D eigenvalue weighted by Gasteiger charge is -2.34. The molecule has 0 heterocycles. The quantitative estimate of drug-likeness (QED) is 0.689. The van der Waals surface area contributed by atoms with Crippen molar-refractivity contribution in [1.82, 2.24) is 5.32 Å². The Balaban J connectivity index is 2.08. The third-order valence-corrected chi connectivity index (χ3v) is 4.68. The minimum Gasteiger partial charge on any atom is -0.313 e. The molecule has 0 spiro atoms. The van der Waals surface area contributed by atoms with E-state index in [4.69, 9.17) is 0 Å². The second-order valence-corrected chi connectivity index (χ2v) is 6.38. The summed E-state index contributed by atoms with van der Waals surface area (Å²) in [5.74, 6) is -0.0479. The Morgan fingerprint density at radius 1 is 1.25 bits per heavy atom. The number of hydrogen-bond donors (Lipinski definition) is 1. The molecule has 1 N–H and O–H groups in total. The van der Waals surface area contributed by atoms with Crippen molar-refractivity contribution in [2.24, 2.45) is 5.41 Å². The molecule has 1 aliphatic carbocycles. The van der Waals surface area contributed by atoms with Crippen LogP contribution in [0.1, 0.15) is 57.9 Å². The van der Waals surface area contributed by atoms with E-state index in [0.717, 1.165) is 31.0 Å². The van der Waals surface area contributed by atoms with Crippen LogP contribution in [-0.2, 0) is 6.42 Å². The Morgan fingerprint density at radius 3 is 2.60 bits per heavy atom. The van der Waals surface area contributed by atoms with E-state index in [2.05, 4.69) is 19.2 Å². The first-order valence-corrected chi connectivity index (χ1v) is 8.16. The molecule has 0 aliphatic heterocycles. The zero-order valence-corrected chi connectivity index (χ0v) is 12.9. The average molecular weight is 277 g/mol. The minimum atomic E-state index is -0.0479. The Labute approximate surface area is 123 Å². The van der Waals surface area contributed by atoms with Crippen LogP contribution in [0.4, 0.5) is 4.39 Å². The van der Waals surface area contributed by atoms with Crippen molar-refractivity contribution >= 4 is 0 Å². The van der Waals surface area contributed by atoms with Gasteiger partial charge in [-0.1, -0.05) is 44.9 Å². The second-order valence-electron chi connectivity index (χ2n) is 6.38. The predicted molar refractivity (Wildman–Crippen MR) is 83.4 cm³/mol. The standard InChI is InChI=1S/C18H28FN/c1-3-5-12-18(4-2,14-20-16-10-11-16)13-15-8-6-7-9-17(15)19/h6-9,16,20H,3-5,10-14H2,1-2H3. The molecule has 1 nitrogen and oxygen atoms in total. The third-order valence-electron chi connectivity index (χ3n) is 4.68. The molecular weight excluding hydrogens is 249 g/mol. The van der Waals surface area contributed by atoms with Gasteiger partial charge in [0.2, 0.25) is 0 Å². The summed E-state index contributed by atoms with van der Waals surface area (Å²) in [5.41, 5.74) is 1.09. The van der Waals surface area contributed by atoms with Crippen LogP contribution >= 0.6 is 0 Å². The molecule has 1 aromatic rings. The maximum absolute atomic E-state index is 14.0. The smallest absolute Gasteiger partial charge is 0.126 e. The lowest BCUT2D eigenvalue weighted by Crippen LogP contribution is -2.37. The number of nitrogens with one attached hydrogen (secondary N) is 1. The minimum absolute atomic E-state index is 0.0479. The first-order chi connectivity index (χ1) is 9.69.